The summed E-state index contributed by atoms with van der Waals surface area (Å²) in [7, 11) is 0. The highest BCUT2D eigenvalue weighted by Crippen LogP contribution is 2.09. The van der Waals surface area contributed by atoms with E-state index in [9.17, 15) is 4.79 Å². The van der Waals surface area contributed by atoms with Crippen LogP contribution in [0.4, 0.5) is 4.79 Å². The molecule has 1 fully saturated rings. The predicted molar refractivity (Wildman–Crippen MR) is 47.5 cm³/mol. The van der Waals surface area contributed by atoms with Gasteiger partial charge in [-0.2, -0.15) is 0 Å². The molecule has 0 aromatic carbocycles. The fraction of sp³-hybridized carbons (Fsp3) is 0.875. The molecule has 0 aromatic rings. The summed E-state index contributed by atoms with van der Waals surface area (Å²) >= 11 is 5.01. The van der Waals surface area contributed by atoms with Crippen LogP contribution in [0.1, 0.15) is 25.7 Å². The molecule has 4 heteroatoms. The minimum Gasteiger partial charge on any atom is -0.454 e. The minimum atomic E-state index is -0.703. The van der Waals surface area contributed by atoms with E-state index in [0.29, 0.717) is 12.6 Å². The Bertz CT molecular complexity index is 146. The lowest BCUT2D eigenvalue weighted by Gasteiger charge is -2.22. The normalized spacial score (nSPS) is 23.6. The first kappa shape index (κ1) is 9.81. The number of rotatable bonds is 3. The highest BCUT2D eigenvalue weighted by atomic mass is 35.5. The minimum absolute atomic E-state index is 0.431. The van der Waals surface area contributed by atoms with Crippen molar-refractivity contribution in [1.29, 1.82) is 0 Å². The lowest BCUT2D eigenvalue weighted by atomic mass is 10.0. The molecule has 1 aliphatic rings. The third kappa shape index (κ3) is 3.93. The van der Waals surface area contributed by atoms with Crippen LogP contribution in [0.2, 0.25) is 0 Å². The number of hydrogen-bond acceptors (Lipinski definition) is 3. The molecular formula is C8H14ClNO2. The Morgan fingerprint density at radius 3 is 3.00 bits per heavy atom. The summed E-state index contributed by atoms with van der Waals surface area (Å²) in [5.74, 6) is 0. The second-order valence-corrected chi connectivity index (χ2v) is 3.33. The first-order valence-electron chi connectivity index (χ1n) is 4.34. The molecule has 0 amide bonds. The third-order valence-corrected chi connectivity index (χ3v) is 2.20. The van der Waals surface area contributed by atoms with Crippen LogP contribution in [0.5, 0.6) is 0 Å². The summed E-state index contributed by atoms with van der Waals surface area (Å²) in [5, 5.41) is 3.36. The SMILES string of the molecule is O=C(Cl)OCCC1CCCCN1. The van der Waals surface area contributed by atoms with Crippen LogP contribution in [-0.4, -0.2) is 24.6 Å². The Kier molecular flexibility index (Phi) is 4.40. The van der Waals surface area contributed by atoms with Gasteiger partial charge in [0, 0.05) is 17.6 Å². The van der Waals surface area contributed by atoms with Crippen molar-refractivity contribution in [3.63, 3.8) is 0 Å². The summed E-state index contributed by atoms with van der Waals surface area (Å²) in [4.78, 5) is 10.2. The lowest BCUT2D eigenvalue weighted by Crippen LogP contribution is -2.34. The van der Waals surface area contributed by atoms with Gasteiger partial charge >= 0.3 is 5.43 Å². The van der Waals surface area contributed by atoms with Gasteiger partial charge in [-0.1, -0.05) is 6.42 Å². The van der Waals surface area contributed by atoms with Crippen molar-refractivity contribution < 1.29 is 9.53 Å². The zero-order valence-corrected chi connectivity index (χ0v) is 7.77. The number of ether oxygens (including phenoxy) is 1. The molecule has 1 N–H and O–H groups in total. The second-order valence-electron chi connectivity index (χ2n) is 3.02. The average molecular weight is 192 g/mol. The standard InChI is InChI=1S/C8H14ClNO2/c9-8(11)12-6-4-7-3-1-2-5-10-7/h7,10H,1-6H2. The molecule has 0 aliphatic carbocycles. The average Bonchev–Trinajstić information content (AvgIpc) is 2.05. The largest absolute Gasteiger partial charge is 0.454 e. The van der Waals surface area contributed by atoms with Crippen LogP contribution in [0, 0.1) is 0 Å². The van der Waals surface area contributed by atoms with Gasteiger partial charge in [-0.25, -0.2) is 4.79 Å². The molecule has 12 heavy (non-hydrogen) atoms. The maximum Gasteiger partial charge on any atom is 0.403 e. The summed E-state index contributed by atoms with van der Waals surface area (Å²) in [6.45, 7) is 1.51. The maximum atomic E-state index is 10.2. The van der Waals surface area contributed by atoms with Gasteiger partial charge in [0.05, 0.1) is 6.61 Å². The van der Waals surface area contributed by atoms with E-state index in [1.165, 1.54) is 19.3 Å². The number of carbonyl (C=O) groups excluding carboxylic acids is 1. The molecule has 1 heterocycles. The van der Waals surface area contributed by atoms with Crippen LogP contribution < -0.4 is 5.32 Å². The van der Waals surface area contributed by atoms with Crippen molar-refractivity contribution in [1.82, 2.24) is 5.32 Å². The molecule has 1 rings (SSSR count). The fourth-order valence-electron chi connectivity index (χ4n) is 1.45. The van der Waals surface area contributed by atoms with Gasteiger partial charge in [0.1, 0.15) is 0 Å². The van der Waals surface area contributed by atoms with Gasteiger partial charge in [-0.15, -0.1) is 0 Å². The van der Waals surface area contributed by atoms with Crippen molar-refractivity contribution in [2.24, 2.45) is 0 Å². The van der Waals surface area contributed by atoms with Gasteiger partial charge in [-0.3, -0.25) is 0 Å². The Morgan fingerprint density at radius 2 is 2.42 bits per heavy atom. The Hall–Kier alpha value is -0.280. The van der Waals surface area contributed by atoms with E-state index in [0.717, 1.165) is 13.0 Å². The maximum absolute atomic E-state index is 10.2. The summed E-state index contributed by atoms with van der Waals surface area (Å²) < 4.78 is 4.63. The van der Waals surface area contributed by atoms with Gasteiger partial charge in [0.15, 0.2) is 0 Å². The summed E-state index contributed by atoms with van der Waals surface area (Å²) in [6, 6.07) is 0.509. The number of nitrogens with one attached hydrogen (secondary N) is 1. The molecule has 1 saturated heterocycles. The van der Waals surface area contributed by atoms with E-state index >= 15 is 0 Å². The van der Waals surface area contributed by atoms with Gasteiger partial charge in [0.25, 0.3) is 0 Å². The highest BCUT2D eigenvalue weighted by Gasteiger charge is 2.12. The molecule has 0 saturated carbocycles. The molecular weight excluding hydrogens is 178 g/mol. The van der Waals surface area contributed by atoms with Crippen molar-refractivity contribution in [3.05, 3.63) is 0 Å². The topological polar surface area (TPSA) is 38.3 Å². The van der Waals surface area contributed by atoms with E-state index in [1.807, 2.05) is 0 Å². The Morgan fingerprint density at radius 1 is 1.58 bits per heavy atom. The molecule has 70 valence electrons. The number of halogens is 1. The van der Waals surface area contributed by atoms with Crippen LogP contribution in [0.15, 0.2) is 0 Å². The Labute approximate surface area is 77.4 Å². The van der Waals surface area contributed by atoms with Crippen molar-refractivity contribution in [2.75, 3.05) is 13.2 Å². The van der Waals surface area contributed by atoms with Crippen molar-refractivity contribution >= 4 is 17.0 Å². The van der Waals surface area contributed by atoms with Crippen LogP contribution in [-0.2, 0) is 4.74 Å². The van der Waals surface area contributed by atoms with Gasteiger partial charge in [0.2, 0.25) is 0 Å². The summed E-state index contributed by atoms with van der Waals surface area (Å²) in [6.07, 6.45) is 4.58. The molecule has 1 unspecified atom stereocenters. The number of hydrogen-bond donors (Lipinski definition) is 1. The quantitative estimate of drug-likeness (QED) is 0.693. The van der Waals surface area contributed by atoms with Crippen molar-refractivity contribution in [2.45, 2.75) is 31.7 Å². The van der Waals surface area contributed by atoms with E-state index in [1.54, 1.807) is 0 Å². The van der Waals surface area contributed by atoms with E-state index in [2.05, 4.69) is 10.1 Å². The molecule has 3 nitrogen and oxygen atoms in total. The first-order chi connectivity index (χ1) is 5.79. The van der Waals surface area contributed by atoms with Gasteiger partial charge < -0.3 is 10.1 Å². The number of carbonyl (C=O) groups is 1. The third-order valence-electron chi connectivity index (χ3n) is 2.09. The fourth-order valence-corrected chi connectivity index (χ4v) is 1.53. The van der Waals surface area contributed by atoms with Crippen LogP contribution in [0.25, 0.3) is 0 Å². The molecule has 1 atom stereocenters. The van der Waals surface area contributed by atoms with Crippen LogP contribution in [0.3, 0.4) is 0 Å². The zero-order valence-electron chi connectivity index (χ0n) is 7.01. The first-order valence-corrected chi connectivity index (χ1v) is 4.72. The van der Waals surface area contributed by atoms with E-state index in [4.69, 9.17) is 11.6 Å². The Balaban J connectivity index is 2.01. The smallest absolute Gasteiger partial charge is 0.403 e. The predicted octanol–water partition coefficient (Wildman–Crippen LogP) is 1.89. The van der Waals surface area contributed by atoms with E-state index < -0.39 is 5.43 Å². The molecule has 0 spiro atoms. The zero-order chi connectivity index (χ0) is 8.81. The molecule has 0 radical (unpaired) electrons. The monoisotopic (exact) mass is 191 g/mol. The van der Waals surface area contributed by atoms with E-state index in [-0.39, 0.29) is 0 Å². The molecule has 1 aliphatic heterocycles. The summed E-state index contributed by atoms with van der Waals surface area (Å²) in [5.41, 5.74) is -0.703. The number of piperidine rings is 1. The molecule has 0 bridgehead atoms. The highest BCUT2D eigenvalue weighted by molar-refractivity contribution is 6.61. The van der Waals surface area contributed by atoms with Gasteiger partial charge in [-0.05, 0) is 25.8 Å². The lowest BCUT2D eigenvalue weighted by molar-refractivity contribution is 0.164. The molecule has 0 aromatic heterocycles. The second kappa shape index (κ2) is 5.38. The van der Waals surface area contributed by atoms with Crippen LogP contribution >= 0.6 is 11.6 Å². The van der Waals surface area contributed by atoms with Crippen molar-refractivity contribution in [3.8, 4) is 0 Å².